The van der Waals surface area contributed by atoms with E-state index < -0.39 is 0 Å². The number of rotatable bonds is 5. The monoisotopic (exact) mass is 431 g/mol. The second kappa shape index (κ2) is 8.74. The third kappa shape index (κ3) is 4.30. The Morgan fingerprint density at radius 1 is 1.09 bits per heavy atom. The van der Waals surface area contributed by atoms with Crippen LogP contribution >= 0.6 is 0 Å². The van der Waals surface area contributed by atoms with Crippen molar-refractivity contribution in [2.45, 2.75) is 25.3 Å². The van der Waals surface area contributed by atoms with Crippen LogP contribution in [0.15, 0.2) is 71.7 Å². The summed E-state index contributed by atoms with van der Waals surface area (Å²) in [6.45, 7) is 1.94. The lowest BCUT2D eigenvalue weighted by atomic mass is 9.97. The van der Waals surface area contributed by atoms with E-state index in [1.807, 2.05) is 39.9 Å². The molecule has 0 N–H and O–H groups in total. The zero-order valence-corrected chi connectivity index (χ0v) is 17.4. The highest BCUT2D eigenvalue weighted by atomic mass is 19.1. The predicted octanol–water partition coefficient (Wildman–Crippen LogP) is 4.14. The molecule has 2 aromatic carbocycles. The maximum absolute atomic E-state index is 13.2. The van der Waals surface area contributed by atoms with Gasteiger partial charge >= 0.3 is 0 Å². The van der Waals surface area contributed by atoms with Gasteiger partial charge in [0.25, 0.3) is 5.91 Å². The van der Waals surface area contributed by atoms with Gasteiger partial charge in [-0.05, 0) is 54.8 Å². The first kappa shape index (κ1) is 20.1. The lowest BCUT2D eigenvalue weighted by molar-refractivity contribution is 0.0698. The topological polar surface area (TPSA) is 77.1 Å². The Morgan fingerprint density at radius 3 is 2.66 bits per heavy atom. The number of carbonyl (C=O) groups excluding carboxylic acids is 1. The molecule has 0 spiro atoms. The number of amides is 1. The lowest BCUT2D eigenvalue weighted by Crippen LogP contribution is -2.39. The van der Waals surface area contributed by atoms with Crippen molar-refractivity contribution in [1.29, 1.82) is 0 Å². The van der Waals surface area contributed by atoms with Crippen molar-refractivity contribution in [1.82, 2.24) is 24.6 Å². The summed E-state index contributed by atoms with van der Waals surface area (Å²) in [6, 6.07) is 13.6. The minimum atomic E-state index is -0.315. The Bertz CT molecular complexity index is 1190. The molecule has 1 aliphatic rings. The van der Waals surface area contributed by atoms with Gasteiger partial charge in [0.1, 0.15) is 5.82 Å². The van der Waals surface area contributed by atoms with E-state index in [0.717, 1.165) is 18.4 Å². The molecule has 0 aliphatic carbocycles. The van der Waals surface area contributed by atoms with Crippen molar-refractivity contribution in [3.63, 3.8) is 0 Å². The summed E-state index contributed by atoms with van der Waals surface area (Å²) in [4.78, 5) is 19.0. The van der Waals surface area contributed by atoms with Gasteiger partial charge in [0.05, 0.1) is 12.2 Å². The Morgan fingerprint density at radius 2 is 1.91 bits per heavy atom. The summed E-state index contributed by atoms with van der Waals surface area (Å²) < 4.78 is 21.0. The highest BCUT2D eigenvalue weighted by molar-refractivity contribution is 5.94. The van der Waals surface area contributed by atoms with Gasteiger partial charge < -0.3 is 13.9 Å². The summed E-state index contributed by atoms with van der Waals surface area (Å²) in [5.41, 5.74) is 2.44. The molecule has 32 heavy (non-hydrogen) atoms. The minimum absolute atomic E-state index is 0.00199. The molecule has 1 atom stereocenters. The van der Waals surface area contributed by atoms with Crippen LogP contribution in [0.3, 0.4) is 0 Å². The number of piperidine rings is 1. The Hall–Kier alpha value is -3.81. The minimum Gasteiger partial charge on any atom is -0.420 e. The molecule has 1 aliphatic heterocycles. The highest BCUT2D eigenvalue weighted by Gasteiger charge is 2.29. The smallest absolute Gasteiger partial charge is 0.253 e. The largest absolute Gasteiger partial charge is 0.420 e. The van der Waals surface area contributed by atoms with E-state index in [0.29, 0.717) is 42.5 Å². The Labute approximate surface area is 184 Å². The first-order chi connectivity index (χ1) is 15.7. The van der Waals surface area contributed by atoms with Crippen LogP contribution in [0.4, 0.5) is 4.39 Å². The summed E-state index contributed by atoms with van der Waals surface area (Å²) in [5, 5.41) is 8.31. The molecule has 7 nitrogen and oxygen atoms in total. The highest BCUT2D eigenvalue weighted by Crippen LogP contribution is 2.29. The van der Waals surface area contributed by atoms with Crippen LogP contribution in [-0.4, -0.2) is 43.6 Å². The first-order valence-electron chi connectivity index (χ1n) is 10.6. The lowest BCUT2D eigenvalue weighted by Gasteiger charge is -2.31. The van der Waals surface area contributed by atoms with Crippen molar-refractivity contribution >= 4 is 5.91 Å². The van der Waals surface area contributed by atoms with E-state index in [9.17, 15) is 9.18 Å². The third-order valence-corrected chi connectivity index (χ3v) is 5.71. The fourth-order valence-electron chi connectivity index (χ4n) is 4.00. The number of halogens is 1. The predicted molar refractivity (Wildman–Crippen MR) is 115 cm³/mol. The molecule has 4 aromatic rings. The van der Waals surface area contributed by atoms with Gasteiger partial charge in [-0.25, -0.2) is 9.37 Å². The van der Waals surface area contributed by atoms with Crippen LogP contribution in [-0.2, 0) is 6.54 Å². The fraction of sp³-hybridized carbons (Fsp3) is 0.250. The molecule has 3 heterocycles. The number of likely N-dealkylation sites (tertiary alicyclic amines) is 1. The summed E-state index contributed by atoms with van der Waals surface area (Å²) in [5.74, 6) is 0.538. The van der Waals surface area contributed by atoms with Gasteiger partial charge in [-0.15, -0.1) is 10.2 Å². The maximum atomic E-state index is 13.2. The molecule has 2 aromatic heterocycles. The number of nitrogens with zero attached hydrogens (tertiary/aromatic N) is 5. The third-order valence-electron chi connectivity index (χ3n) is 5.71. The van der Waals surface area contributed by atoms with E-state index >= 15 is 0 Å². The van der Waals surface area contributed by atoms with Crippen molar-refractivity contribution < 1.29 is 13.6 Å². The molecule has 1 amide bonds. The van der Waals surface area contributed by atoms with Crippen molar-refractivity contribution in [3.05, 3.63) is 90.1 Å². The Balaban J connectivity index is 1.25. The van der Waals surface area contributed by atoms with Crippen LogP contribution < -0.4 is 0 Å². The fourth-order valence-corrected chi connectivity index (χ4v) is 4.00. The molecule has 0 bridgehead atoms. The average Bonchev–Trinajstić information content (AvgIpc) is 3.52. The number of imidazole rings is 1. The van der Waals surface area contributed by atoms with Crippen LogP contribution in [0.25, 0.3) is 11.5 Å². The van der Waals surface area contributed by atoms with E-state index in [2.05, 4.69) is 15.2 Å². The molecular formula is C24H22FN5O2. The van der Waals surface area contributed by atoms with Gasteiger partial charge in [-0.1, -0.05) is 12.1 Å². The van der Waals surface area contributed by atoms with Crippen molar-refractivity contribution in [3.8, 4) is 11.5 Å². The van der Waals surface area contributed by atoms with Gasteiger partial charge in [0.2, 0.25) is 11.8 Å². The molecule has 5 rings (SSSR count). The van der Waals surface area contributed by atoms with Crippen molar-refractivity contribution in [2.75, 3.05) is 13.1 Å². The Kier molecular flexibility index (Phi) is 5.49. The standard InChI is InChI=1S/C24H22FN5O2/c25-21-9-7-18(8-10-21)22-27-28-23(32-22)20-2-1-12-30(15-20)24(31)19-5-3-17(4-6-19)14-29-13-11-26-16-29/h3-11,13,16,20H,1-2,12,14-15H2. The molecule has 1 unspecified atom stereocenters. The number of carbonyl (C=O) groups is 1. The van der Waals surface area contributed by atoms with E-state index in [1.165, 1.54) is 12.1 Å². The molecule has 1 fully saturated rings. The average molecular weight is 431 g/mol. The molecule has 8 heteroatoms. The second-order valence-electron chi connectivity index (χ2n) is 7.97. The van der Waals surface area contributed by atoms with Gasteiger partial charge in [-0.3, -0.25) is 4.79 Å². The normalized spacial score (nSPS) is 16.3. The van der Waals surface area contributed by atoms with Gasteiger partial charge in [0.15, 0.2) is 0 Å². The van der Waals surface area contributed by atoms with Gasteiger partial charge in [0, 0.05) is 43.2 Å². The quantitative estimate of drug-likeness (QED) is 0.475. The molecule has 162 valence electrons. The van der Waals surface area contributed by atoms with Crippen LogP contribution in [0.5, 0.6) is 0 Å². The van der Waals surface area contributed by atoms with E-state index in [4.69, 9.17) is 4.42 Å². The number of aromatic nitrogens is 4. The summed E-state index contributed by atoms with van der Waals surface area (Å²) >= 11 is 0. The van der Waals surface area contributed by atoms with Crippen molar-refractivity contribution in [2.24, 2.45) is 0 Å². The van der Waals surface area contributed by atoms with Crippen LogP contribution in [0.2, 0.25) is 0 Å². The summed E-state index contributed by atoms with van der Waals surface area (Å²) in [7, 11) is 0. The SMILES string of the molecule is O=C(c1ccc(Cn2ccnc2)cc1)N1CCCC(c2nnc(-c3ccc(F)cc3)o2)C1. The van der Waals surface area contributed by atoms with E-state index in [-0.39, 0.29) is 17.6 Å². The number of hydrogen-bond donors (Lipinski definition) is 0. The molecule has 0 radical (unpaired) electrons. The zero-order valence-electron chi connectivity index (χ0n) is 17.4. The van der Waals surface area contributed by atoms with E-state index in [1.54, 1.807) is 24.7 Å². The molecular weight excluding hydrogens is 409 g/mol. The van der Waals surface area contributed by atoms with Crippen LogP contribution in [0.1, 0.15) is 40.6 Å². The molecule has 0 saturated carbocycles. The number of hydrogen-bond acceptors (Lipinski definition) is 5. The van der Waals surface area contributed by atoms with Crippen LogP contribution in [0, 0.1) is 5.82 Å². The number of benzene rings is 2. The zero-order chi connectivity index (χ0) is 21.9. The maximum Gasteiger partial charge on any atom is 0.253 e. The first-order valence-corrected chi connectivity index (χ1v) is 10.6. The van der Waals surface area contributed by atoms with Gasteiger partial charge in [-0.2, -0.15) is 0 Å². The summed E-state index contributed by atoms with van der Waals surface area (Å²) in [6.07, 6.45) is 7.16. The second-order valence-corrected chi connectivity index (χ2v) is 7.97. The molecule has 1 saturated heterocycles.